The normalized spacial score (nSPS) is 11.1. The minimum atomic E-state index is -0.276. The fourth-order valence-corrected chi connectivity index (χ4v) is 3.00. The Bertz CT molecular complexity index is 1020. The molecule has 0 aliphatic heterocycles. The fraction of sp³-hybridized carbons (Fsp3) is 0.190. The third-order valence-electron chi connectivity index (χ3n) is 4.31. The van der Waals surface area contributed by atoms with Crippen LogP contribution in [-0.4, -0.2) is 21.9 Å². The van der Waals surface area contributed by atoms with E-state index in [0.29, 0.717) is 16.3 Å². The summed E-state index contributed by atoms with van der Waals surface area (Å²) in [5, 5.41) is 9.03. The third kappa shape index (κ3) is 4.09. The van der Waals surface area contributed by atoms with Crippen molar-refractivity contribution in [2.45, 2.75) is 27.7 Å². The highest BCUT2D eigenvalue weighted by Crippen LogP contribution is 2.24. The number of carbonyl (C=O) groups is 1. The summed E-state index contributed by atoms with van der Waals surface area (Å²) in [7, 11) is 0. The predicted octanol–water partition coefficient (Wildman–Crippen LogP) is 4.52. The lowest BCUT2D eigenvalue weighted by atomic mass is 10.1. The zero-order valence-corrected chi connectivity index (χ0v) is 16.5. The zero-order valence-electron chi connectivity index (χ0n) is 15.7. The molecule has 1 aromatic heterocycles. The molecule has 1 N–H and O–H groups in total. The van der Waals surface area contributed by atoms with Gasteiger partial charge in [-0.3, -0.25) is 4.79 Å². The molecule has 0 atom stereocenters. The number of nitrogens with one attached hydrogen (secondary N) is 1. The Labute approximate surface area is 163 Å². The van der Waals surface area contributed by atoms with Crippen LogP contribution in [0.1, 0.15) is 38.3 Å². The van der Waals surface area contributed by atoms with Gasteiger partial charge in [-0.25, -0.2) is 10.1 Å². The Morgan fingerprint density at radius 2 is 1.74 bits per heavy atom. The Kier molecular flexibility index (Phi) is 5.42. The number of amides is 1. The van der Waals surface area contributed by atoms with Gasteiger partial charge >= 0.3 is 0 Å². The number of hydrazone groups is 1. The van der Waals surface area contributed by atoms with E-state index in [1.165, 1.54) is 6.21 Å². The smallest absolute Gasteiger partial charge is 0.267 e. The van der Waals surface area contributed by atoms with E-state index < -0.39 is 0 Å². The van der Waals surface area contributed by atoms with Crippen molar-refractivity contribution in [3.05, 3.63) is 81.1 Å². The van der Waals surface area contributed by atoms with Crippen molar-refractivity contribution in [2.24, 2.45) is 5.10 Å². The first-order valence-corrected chi connectivity index (χ1v) is 8.97. The topological polar surface area (TPSA) is 59.3 Å². The van der Waals surface area contributed by atoms with Crippen LogP contribution in [0.5, 0.6) is 0 Å². The van der Waals surface area contributed by atoms with Gasteiger partial charge in [-0.2, -0.15) is 10.2 Å². The standard InChI is InChI=1S/C21H21ClN4O/c1-13-6-9-17(10-7-13)21(27)24-23-12-18-16(4)25-26(20(18)22)19-11-14(2)5-8-15(19)3/h5-12H,1-4H3,(H,24,27)/b23-12-. The van der Waals surface area contributed by atoms with Gasteiger partial charge in [0.1, 0.15) is 5.15 Å². The molecule has 5 nitrogen and oxygen atoms in total. The highest BCUT2D eigenvalue weighted by atomic mass is 35.5. The van der Waals surface area contributed by atoms with Crippen molar-refractivity contribution in [2.75, 3.05) is 0 Å². The molecule has 0 unspecified atom stereocenters. The first-order chi connectivity index (χ1) is 12.9. The zero-order chi connectivity index (χ0) is 19.6. The molecule has 0 spiro atoms. The van der Waals surface area contributed by atoms with Gasteiger partial charge in [-0.15, -0.1) is 0 Å². The summed E-state index contributed by atoms with van der Waals surface area (Å²) in [6.45, 7) is 7.86. The molecule has 27 heavy (non-hydrogen) atoms. The Hall–Kier alpha value is -2.92. The van der Waals surface area contributed by atoms with Crippen LogP contribution in [0.3, 0.4) is 0 Å². The van der Waals surface area contributed by atoms with E-state index in [4.69, 9.17) is 11.6 Å². The van der Waals surface area contributed by atoms with E-state index in [9.17, 15) is 4.79 Å². The second-order valence-electron chi connectivity index (χ2n) is 6.56. The molecular weight excluding hydrogens is 360 g/mol. The van der Waals surface area contributed by atoms with Crippen molar-refractivity contribution < 1.29 is 4.79 Å². The lowest BCUT2D eigenvalue weighted by molar-refractivity contribution is 0.0955. The summed E-state index contributed by atoms with van der Waals surface area (Å²) in [4.78, 5) is 12.1. The average molecular weight is 381 g/mol. The number of rotatable bonds is 4. The highest BCUT2D eigenvalue weighted by Gasteiger charge is 2.15. The number of nitrogens with zero attached hydrogens (tertiary/aromatic N) is 3. The first-order valence-electron chi connectivity index (χ1n) is 8.59. The predicted molar refractivity (Wildman–Crippen MR) is 109 cm³/mol. The monoisotopic (exact) mass is 380 g/mol. The maximum atomic E-state index is 12.1. The lowest BCUT2D eigenvalue weighted by Gasteiger charge is -2.08. The molecule has 0 fully saturated rings. The van der Waals surface area contributed by atoms with Gasteiger partial charge in [0.15, 0.2) is 0 Å². The summed E-state index contributed by atoms with van der Waals surface area (Å²) in [5.74, 6) is -0.276. The number of benzene rings is 2. The number of halogens is 1. The van der Waals surface area contributed by atoms with Crippen LogP contribution in [0.15, 0.2) is 47.6 Å². The van der Waals surface area contributed by atoms with Gasteiger partial charge < -0.3 is 0 Å². The minimum absolute atomic E-state index is 0.276. The van der Waals surface area contributed by atoms with Crippen LogP contribution < -0.4 is 5.43 Å². The third-order valence-corrected chi connectivity index (χ3v) is 4.68. The SMILES string of the molecule is Cc1ccc(C(=O)N/N=C\c2c(C)nn(-c3cc(C)ccc3C)c2Cl)cc1. The molecule has 3 rings (SSSR count). The Balaban J connectivity index is 1.82. The molecule has 0 saturated carbocycles. The largest absolute Gasteiger partial charge is 0.271 e. The molecular formula is C21H21ClN4O. The van der Waals surface area contributed by atoms with E-state index in [2.05, 4.69) is 15.6 Å². The molecule has 0 bridgehead atoms. The van der Waals surface area contributed by atoms with Crippen molar-refractivity contribution in [3.8, 4) is 5.69 Å². The lowest BCUT2D eigenvalue weighted by Crippen LogP contribution is -2.17. The van der Waals surface area contributed by atoms with Crippen molar-refractivity contribution in [1.82, 2.24) is 15.2 Å². The molecule has 0 aliphatic rings. The summed E-state index contributed by atoms with van der Waals surface area (Å²) < 4.78 is 1.70. The molecule has 2 aromatic carbocycles. The number of aryl methyl sites for hydroxylation is 4. The number of aromatic nitrogens is 2. The Morgan fingerprint density at radius 1 is 1.07 bits per heavy atom. The average Bonchev–Trinajstić information content (AvgIpc) is 2.92. The molecule has 0 aliphatic carbocycles. The molecule has 0 saturated heterocycles. The van der Waals surface area contributed by atoms with Gasteiger partial charge in [-0.05, 0) is 57.0 Å². The van der Waals surface area contributed by atoms with Crippen LogP contribution in [0, 0.1) is 27.7 Å². The molecule has 0 radical (unpaired) electrons. The second-order valence-corrected chi connectivity index (χ2v) is 6.91. The van der Waals surface area contributed by atoms with E-state index in [-0.39, 0.29) is 5.91 Å². The summed E-state index contributed by atoms with van der Waals surface area (Å²) in [6, 6.07) is 13.4. The summed E-state index contributed by atoms with van der Waals surface area (Å²) >= 11 is 6.53. The van der Waals surface area contributed by atoms with E-state index in [0.717, 1.165) is 28.1 Å². The Morgan fingerprint density at radius 3 is 2.44 bits per heavy atom. The van der Waals surface area contributed by atoms with Crippen LogP contribution in [-0.2, 0) is 0 Å². The quantitative estimate of drug-likeness (QED) is 0.534. The van der Waals surface area contributed by atoms with Gasteiger partial charge in [0.25, 0.3) is 5.91 Å². The molecule has 1 amide bonds. The molecule has 1 heterocycles. The minimum Gasteiger partial charge on any atom is -0.267 e. The van der Waals surface area contributed by atoms with Gasteiger partial charge in [0.2, 0.25) is 0 Å². The number of hydrogen-bond donors (Lipinski definition) is 1. The molecule has 138 valence electrons. The highest BCUT2D eigenvalue weighted by molar-refractivity contribution is 6.32. The summed E-state index contributed by atoms with van der Waals surface area (Å²) in [5.41, 5.74) is 8.68. The van der Waals surface area contributed by atoms with E-state index in [1.54, 1.807) is 16.8 Å². The van der Waals surface area contributed by atoms with Crippen LogP contribution in [0.25, 0.3) is 5.69 Å². The second kappa shape index (κ2) is 7.76. The van der Waals surface area contributed by atoms with Gasteiger partial charge in [-0.1, -0.05) is 41.4 Å². The van der Waals surface area contributed by atoms with Crippen molar-refractivity contribution in [3.63, 3.8) is 0 Å². The first kappa shape index (κ1) is 18.9. The maximum Gasteiger partial charge on any atom is 0.271 e. The van der Waals surface area contributed by atoms with Crippen LogP contribution in [0.4, 0.5) is 0 Å². The maximum absolute atomic E-state index is 12.1. The molecule has 6 heteroatoms. The molecule has 3 aromatic rings. The number of hydrogen-bond acceptors (Lipinski definition) is 3. The van der Waals surface area contributed by atoms with Crippen LogP contribution in [0.2, 0.25) is 5.15 Å². The summed E-state index contributed by atoms with van der Waals surface area (Å²) in [6.07, 6.45) is 1.53. The van der Waals surface area contributed by atoms with Gasteiger partial charge in [0.05, 0.1) is 23.2 Å². The van der Waals surface area contributed by atoms with Crippen LogP contribution >= 0.6 is 11.6 Å². The number of carbonyl (C=O) groups excluding carboxylic acids is 1. The van der Waals surface area contributed by atoms with Gasteiger partial charge in [0, 0.05) is 5.56 Å². The van der Waals surface area contributed by atoms with Crippen molar-refractivity contribution >= 4 is 23.7 Å². The van der Waals surface area contributed by atoms with E-state index >= 15 is 0 Å². The van der Waals surface area contributed by atoms with E-state index in [1.807, 2.05) is 58.0 Å². The van der Waals surface area contributed by atoms with Crippen molar-refractivity contribution in [1.29, 1.82) is 0 Å². The fourth-order valence-electron chi connectivity index (χ4n) is 2.69.